The Labute approximate surface area is 182 Å². The second-order valence-corrected chi connectivity index (χ2v) is 9.21. The fourth-order valence-electron chi connectivity index (χ4n) is 3.81. The van der Waals surface area contributed by atoms with Crippen molar-refractivity contribution in [2.45, 2.75) is 0 Å². The summed E-state index contributed by atoms with van der Waals surface area (Å²) in [5.74, 6) is 0.855. The van der Waals surface area contributed by atoms with Crippen molar-refractivity contribution in [3.63, 3.8) is 0 Å². The highest BCUT2D eigenvalue weighted by molar-refractivity contribution is 9.11. The third-order valence-corrected chi connectivity index (χ3v) is 6.71. The Morgan fingerprint density at radius 1 is 0.793 bits per heavy atom. The summed E-state index contributed by atoms with van der Waals surface area (Å²) in [6.07, 6.45) is 0. The lowest BCUT2D eigenvalue weighted by Gasteiger charge is -2.13. The number of rotatable bonds is 4. The first-order valence-corrected chi connectivity index (χ1v) is 11.0. The number of benzene rings is 3. The van der Waals surface area contributed by atoms with E-state index in [2.05, 4.69) is 99.4 Å². The number of methoxy groups -OCH3 is 1. The largest absolute Gasteiger partial charge is 0.497 e. The fraction of sp³-hybridized carbons (Fsp3) is 0.0400. The average Bonchev–Trinajstić information content (AvgIpc) is 3.35. The van der Waals surface area contributed by atoms with Crippen molar-refractivity contribution >= 4 is 38.2 Å². The Morgan fingerprint density at radius 3 is 2.21 bits per heavy atom. The summed E-state index contributed by atoms with van der Waals surface area (Å²) in [5, 5.41) is 1.25. The quantitative estimate of drug-likeness (QED) is 0.267. The van der Waals surface area contributed by atoms with Crippen molar-refractivity contribution in [1.29, 1.82) is 0 Å². The average molecular weight is 460 g/mol. The molecule has 0 bridgehead atoms. The summed E-state index contributed by atoms with van der Waals surface area (Å²) in [6.45, 7) is 0. The van der Waals surface area contributed by atoms with Gasteiger partial charge in [0.15, 0.2) is 0 Å². The molecule has 0 aliphatic heterocycles. The van der Waals surface area contributed by atoms with Crippen molar-refractivity contribution in [3.05, 3.63) is 94.8 Å². The summed E-state index contributed by atoms with van der Waals surface area (Å²) >= 11 is 5.40. The number of para-hydroxylation sites is 1. The normalized spacial score (nSPS) is 11.1. The number of aromatic nitrogens is 1. The lowest BCUT2D eigenvalue weighted by molar-refractivity contribution is 0.415. The second kappa shape index (κ2) is 7.54. The van der Waals surface area contributed by atoms with Crippen LogP contribution in [0.4, 0.5) is 0 Å². The van der Waals surface area contributed by atoms with E-state index >= 15 is 0 Å². The van der Waals surface area contributed by atoms with Crippen LogP contribution in [0.2, 0.25) is 0 Å². The first kappa shape index (κ1) is 18.2. The van der Waals surface area contributed by atoms with Gasteiger partial charge in [-0.15, -0.1) is 11.3 Å². The standard InChI is InChI=1S/C25H18BrNOS/c1-28-19-13-11-18(12-14-19)27-21-10-6-5-9-20(21)24(22-15-16-23(26)29-22)25(27)17-7-3-2-4-8-17/h2-16H,1H3. The van der Waals surface area contributed by atoms with Gasteiger partial charge in [-0.3, -0.25) is 0 Å². The van der Waals surface area contributed by atoms with Crippen LogP contribution < -0.4 is 4.74 Å². The highest BCUT2D eigenvalue weighted by atomic mass is 79.9. The van der Waals surface area contributed by atoms with Crippen molar-refractivity contribution < 1.29 is 4.74 Å². The number of thiophene rings is 1. The molecule has 0 aliphatic rings. The Bertz CT molecular complexity index is 1290. The topological polar surface area (TPSA) is 14.2 Å². The Kier molecular flexibility index (Phi) is 4.74. The zero-order valence-corrected chi connectivity index (χ0v) is 18.2. The maximum atomic E-state index is 5.37. The fourth-order valence-corrected chi connectivity index (χ4v) is 5.25. The minimum Gasteiger partial charge on any atom is -0.497 e. The molecule has 3 aromatic carbocycles. The van der Waals surface area contributed by atoms with Crippen molar-refractivity contribution in [1.82, 2.24) is 4.57 Å². The van der Waals surface area contributed by atoms with Crippen LogP contribution in [0.3, 0.4) is 0 Å². The number of halogens is 1. The van der Waals surface area contributed by atoms with Crippen LogP contribution in [0, 0.1) is 0 Å². The van der Waals surface area contributed by atoms with E-state index in [0.29, 0.717) is 0 Å². The molecule has 5 aromatic rings. The number of hydrogen-bond acceptors (Lipinski definition) is 2. The third kappa shape index (κ3) is 3.18. The van der Waals surface area contributed by atoms with E-state index in [1.807, 2.05) is 12.1 Å². The highest BCUT2D eigenvalue weighted by Crippen LogP contribution is 2.45. The number of ether oxygens (including phenoxy) is 1. The van der Waals surface area contributed by atoms with Crippen LogP contribution in [-0.2, 0) is 0 Å². The summed E-state index contributed by atoms with van der Waals surface area (Å²) in [6, 6.07) is 31.8. The van der Waals surface area contributed by atoms with Gasteiger partial charge in [-0.25, -0.2) is 0 Å². The predicted molar refractivity (Wildman–Crippen MR) is 126 cm³/mol. The Hall–Kier alpha value is -2.82. The highest BCUT2D eigenvalue weighted by Gasteiger charge is 2.21. The monoisotopic (exact) mass is 459 g/mol. The molecule has 0 amide bonds. The molecule has 0 saturated carbocycles. The number of nitrogens with zero attached hydrogens (tertiary/aromatic N) is 1. The molecular weight excluding hydrogens is 442 g/mol. The zero-order valence-electron chi connectivity index (χ0n) is 15.8. The van der Waals surface area contributed by atoms with Gasteiger partial charge in [-0.05, 0) is 64.0 Å². The van der Waals surface area contributed by atoms with E-state index in [9.17, 15) is 0 Å². The number of hydrogen-bond donors (Lipinski definition) is 0. The van der Waals surface area contributed by atoms with Crippen molar-refractivity contribution in [2.75, 3.05) is 7.11 Å². The zero-order chi connectivity index (χ0) is 19.8. The van der Waals surface area contributed by atoms with Gasteiger partial charge in [-0.2, -0.15) is 0 Å². The SMILES string of the molecule is COc1ccc(-n2c(-c3ccccc3)c(-c3ccc(Br)s3)c3ccccc32)cc1. The molecule has 4 heteroatoms. The lowest BCUT2D eigenvalue weighted by Crippen LogP contribution is -1.97. The van der Waals surface area contributed by atoms with Gasteiger partial charge in [-0.1, -0.05) is 48.5 Å². The van der Waals surface area contributed by atoms with E-state index in [1.54, 1.807) is 18.4 Å². The molecule has 5 rings (SSSR count). The maximum absolute atomic E-state index is 5.37. The molecular formula is C25H18BrNOS. The molecule has 2 nitrogen and oxygen atoms in total. The van der Waals surface area contributed by atoms with Crippen molar-refractivity contribution in [2.24, 2.45) is 0 Å². The molecule has 142 valence electrons. The van der Waals surface area contributed by atoms with Crippen LogP contribution in [0.5, 0.6) is 5.75 Å². The second-order valence-electron chi connectivity index (χ2n) is 6.74. The smallest absolute Gasteiger partial charge is 0.119 e. The molecule has 0 atom stereocenters. The first-order chi connectivity index (χ1) is 14.3. The molecule has 29 heavy (non-hydrogen) atoms. The summed E-state index contributed by atoms with van der Waals surface area (Å²) in [7, 11) is 1.70. The molecule has 2 aromatic heterocycles. The third-order valence-electron chi connectivity index (χ3n) is 5.07. The van der Waals surface area contributed by atoms with Crippen LogP contribution in [0.1, 0.15) is 0 Å². The number of fused-ring (bicyclic) bond motifs is 1. The molecule has 0 fully saturated rings. The van der Waals surface area contributed by atoms with Crippen LogP contribution >= 0.6 is 27.3 Å². The van der Waals surface area contributed by atoms with E-state index in [1.165, 1.54) is 32.6 Å². The first-order valence-electron chi connectivity index (χ1n) is 9.35. The van der Waals surface area contributed by atoms with Crippen molar-refractivity contribution in [3.8, 4) is 33.1 Å². The van der Waals surface area contributed by atoms with Gasteiger partial charge in [0.1, 0.15) is 5.75 Å². The Morgan fingerprint density at radius 2 is 1.52 bits per heavy atom. The lowest BCUT2D eigenvalue weighted by atomic mass is 10.0. The molecule has 0 spiro atoms. The summed E-state index contributed by atoms with van der Waals surface area (Å²) in [5.41, 5.74) is 5.96. The molecule has 0 aliphatic carbocycles. The molecule has 0 unspecified atom stereocenters. The van der Waals surface area contributed by atoms with Crippen LogP contribution in [0.25, 0.3) is 38.3 Å². The van der Waals surface area contributed by atoms with Gasteiger partial charge >= 0.3 is 0 Å². The summed E-state index contributed by atoms with van der Waals surface area (Å²) in [4.78, 5) is 1.25. The van der Waals surface area contributed by atoms with Gasteiger partial charge in [0, 0.05) is 21.5 Å². The van der Waals surface area contributed by atoms with Crippen LogP contribution in [-0.4, -0.2) is 11.7 Å². The van der Waals surface area contributed by atoms with Gasteiger partial charge in [0.05, 0.1) is 22.1 Å². The van der Waals surface area contributed by atoms with Gasteiger partial charge in [0.25, 0.3) is 0 Å². The molecule has 0 radical (unpaired) electrons. The van der Waals surface area contributed by atoms with Crippen LogP contribution in [0.15, 0.2) is 94.8 Å². The van der Waals surface area contributed by atoms with E-state index in [-0.39, 0.29) is 0 Å². The molecule has 0 saturated heterocycles. The molecule has 0 N–H and O–H groups in total. The summed E-state index contributed by atoms with van der Waals surface area (Å²) < 4.78 is 8.86. The van der Waals surface area contributed by atoms with Gasteiger partial charge < -0.3 is 9.30 Å². The Balaban J connectivity index is 1.91. The predicted octanol–water partition coefficient (Wildman–Crippen LogP) is 7.80. The van der Waals surface area contributed by atoms with E-state index in [4.69, 9.17) is 4.74 Å². The minimum atomic E-state index is 0.855. The molecule has 2 heterocycles. The minimum absolute atomic E-state index is 0.855. The van der Waals surface area contributed by atoms with E-state index < -0.39 is 0 Å². The maximum Gasteiger partial charge on any atom is 0.119 e. The van der Waals surface area contributed by atoms with E-state index in [0.717, 1.165) is 15.2 Å². The van der Waals surface area contributed by atoms with Gasteiger partial charge in [0.2, 0.25) is 0 Å².